The summed E-state index contributed by atoms with van der Waals surface area (Å²) in [6, 6.07) is 2.48. The van der Waals surface area contributed by atoms with Gasteiger partial charge in [-0.25, -0.2) is 0 Å². The number of aromatic nitrogens is 1. The van der Waals surface area contributed by atoms with E-state index in [1.54, 1.807) is 6.20 Å². The maximum atomic E-state index is 12.8. The van der Waals surface area contributed by atoms with E-state index >= 15 is 0 Å². The van der Waals surface area contributed by atoms with Crippen LogP contribution in [0.3, 0.4) is 0 Å². The van der Waals surface area contributed by atoms with Crippen LogP contribution in [-0.4, -0.2) is 60.0 Å². The summed E-state index contributed by atoms with van der Waals surface area (Å²) in [5.41, 5.74) is 2.49. The fourth-order valence-electron chi connectivity index (χ4n) is 3.45. The van der Waals surface area contributed by atoms with Crippen molar-refractivity contribution in [2.24, 2.45) is 0 Å². The largest absolute Gasteiger partial charge is 0.387 e. The van der Waals surface area contributed by atoms with Gasteiger partial charge in [0.25, 0.3) is 5.91 Å². The van der Waals surface area contributed by atoms with E-state index in [-0.39, 0.29) is 5.91 Å². The van der Waals surface area contributed by atoms with E-state index < -0.39 is 0 Å². The van der Waals surface area contributed by atoms with Crippen LogP contribution < -0.4 is 5.32 Å². The average molecular weight is 288 g/mol. The zero-order valence-corrected chi connectivity index (χ0v) is 12.9. The molecule has 3 rings (SSSR count). The van der Waals surface area contributed by atoms with Gasteiger partial charge in [-0.3, -0.25) is 14.7 Å². The first-order valence-corrected chi connectivity index (χ1v) is 7.87. The highest BCUT2D eigenvalue weighted by atomic mass is 16.2. The zero-order chi connectivity index (χ0) is 14.8. The summed E-state index contributed by atoms with van der Waals surface area (Å²) in [5, 5.41) is 3.11. The van der Waals surface area contributed by atoms with Crippen molar-refractivity contribution in [2.45, 2.75) is 32.2 Å². The molecule has 1 aromatic heterocycles. The first-order valence-electron chi connectivity index (χ1n) is 7.87. The smallest absolute Gasteiger partial charge is 0.257 e. The molecule has 2 fully saturated rings. The Morgan fingerprint density at radius 1 is 1.33 bits per heavy atom. The third-order valence-corrected chi connectivity index (χ3v) is 4.66. The van der Waals surface area contributed by atoms with Crippen LogP contribution in [-0.2, 0) is 0 Å². The van der Waals surface area contributed by atoms with Crippen LogP contribution in [0.4, 0.5) is 5.69 Å². The molecule has 1 N–H and O–H groups in total. The van der Waals surface area contributed by atoms with Gasteiger partial charge in [0.05, 0.1) is 11.3 Å². The van der Waals surface area contributed by atoms with E-state index in [2.05, 4.69) is 15.2 Å². The number of carbonyl (C=O) groups is 1. The van der Waals surface area contributed by atoms with Crippen LogP contribution in [0.25, 0.3) is 0 Å². The van der Waals surface area contributed by atoms with E-state index in [1.165, 1.54) is 25.8 Å². The molecular weight excluding hydrogens is 264 g/mol. The van der Waals surface area contributed by atoms with E-state index in [0.29, 0.717) is 11.6 Å². The van der Waals surface area contributed by atoms with E-state index in [0.717, 1.165) is 31.0 Å². The van der Waals surface area contributed by atoms with Crippen molar-refractivity contribution in [2.75, 3.05) is 38.5 Å². The maximum Gasteiger partial charge on any atom is 0.257 e. The Morgan fingerprint density at radius 2 is 2.19 bits per heavy atom. The van der Waals surface area contributed by atoms with Crippen LogP contribution in [0.5, 0.6) is 0 Å². The predicted molar refractivity (Wildman–Crippen MR) is 83.6 cm³/mol. The fourth-order valence-corrected chi connectivity index (χ4v) is 3.45. The monoisotopic (exact) mass is 288 g/mol. The van der Waals surface area contributed by atoms with Gasteiger partial charge in [-0.2, -0.15) is 0 Å². The molecule has 21 heavy (non-hydrogen) atoms. The number of hydrogen-bond acceptors (Lipinski definition) is 4. The topological polar surface area (TPSA) is 48.5 Å². The van der Waals surface area contributed by atoms with Gasteiger partial charge in [0, 0.05) is 44.6 Å². The van der Waals surface area contributed by atoms with Crippen LogP contribution in [0.15, 0.2) is 12.3 Å². The van der Waals surface area contributed by atoms with E-state index in [4.69, 9.17) is 0 Å². The minimum absolute atomic E-state index is 0.108. The van der Waals surface area contributed by atoms with Gasteiger partial charge in [0.1, 0.15) is 0 Å². The number of nitrogens with zero attached hydrogens (tertiary/aromatic N) is 3. The lowest BCUT2D eigenvalue weighted by Gasteiger charge is -2.44. The predicted octanol–water partition coefficient (Wildman–Crippen LogP) is 1.74. The number of piperazine rings is 1. The van der Waals surface area contributed by atoms with Crippen molar-refractivity contribution in [3.63, 3.8) is 0 Å². The number of nitrogens with one attached hydrogen (secondary N) is 1. The molecule has 0 aliphatic carbocycles. The maximum absolute atomic E-state index is 12.8. The number of carbonyl (C=O) groups excluding carboxylic acids is 1. The molecule has 0 saturated carbocycles. The van der Waals surface area contributed by atoms with Crippen LogP contribution in [0.1, 0.15) is 35.3 Å². The number of pyridine rings is 1. The minimum Gasteiger partial charge on any atom is -0.387 e. The van der Waals surface area contributed by atoms with Crippen molar-refractivity contribution in [1.29, 1.82) is 0 Å². The summed E-state index contributed by atoms with van der Waals surface area (Å²) in [7, 11) is 1.85. The Hall–Kier alpha value is -1.62. The molecule has 114 valence electrons. The molecule has 2 aliphatic heterocycles. The van der Waals surface area contributed by atoms with Gasteiger partial charge < -0.3 is 10.2 Å². The second-order valence-corrected chi connectivity index (χ2v) is 6.06. The summed E-state index contributed by atoms with van der Waals surface area (Å²) in [6.45, 7) is 5.82. The molecule has 1 atom stereocenters. The molecule has 0 radical (unpaired) electrons. The molecule has 3 heterocycles. The molecular formula is C16H24N4O. The number of anilines is 1. The Morgan fingerprint density at radius 3 is 3.00 bits per heavy atom. The molecule has 0 aromatic carbocycles. The lowest BCUT2D eigenvalue weighted by molar-refractivity contribution is 0.0373. The van der Waals surface area contributed by atoms with Gasteiger partial charge in [0.15, 0.2) is 0 Å². The number of fused-ring (bicyclic) bond motifs is 1. The van der Waals surface area contributed by atoms with Crippen molar-refractivity contribution in [1.82, 2.24) is 14.8 Å². The quantitative estimate of drug-likeness (QED) is 0.900. The highest BCUT2D eigenvalue weighted by Gasteiger charge is 2.32. The summed E-state index contributed by atoms with van der Waals surface area (Å²) >= 11 is 0. The molecule has 1 amide bonds. The average Bonchev–Trinajstić information content (AvgIpc) is 2.53. The SMILES string of the molecule is CNc1cc(C)ncc1C(=O)N1CCN2CCCCC2C1. The standard InChI is InChI=1S/C16H24N4O/c1-12-9-15(17-2)14(10-18-12)16(21)20-8-7-19-6-4-3-5-13(19)11-20/h9-10,13H,3-8,11H2,1-2H3,(H,17,18). The third kappa shape index (κ3) is 2.88. The van der Waals surface area contributed by atoms with Crippen LogP contribution >= 0.6 is 0 Å². The van der Waals surface area contributed by atoms with Crippen molar-refractivity contribution < 1.29 is 4.79 Å². The second kappa shape index (κ2) is 6.02. The highest BCUT2D eigenvalue weighted by Crippen LogP contribution is 2.24. The first kappa shape index (κ1) is 14.3. The van der Waals surface area contributed by atoms with E-state index in [9.17, 15) is 4.79 Å². The normalized spacial score (nSPS) is 22.8. The van der Waals surface area contributed by atoms with Gasteiger partial charge in [-0.1, -0.05) is 6.42 Å². The number of rotatable bonds is 2. The van der Waals surface area contributed by atoms with E-state index in [1.807, 2.05) is 24.9 Å². The fraction of sp³-hybridized carbons (Fsp3) is 0.625. The number of hydrogen-bond donors (Lipinski definition) is 1. The number of piperidine rings is 1. The molecule has 1 aromatic rings. The van der Waals surface area contributed by atoms with Gasteiger partial charge in [0.2, 0.25) is 0 Å². The third-order valence-electron chi connectivity index (χ3n) is 4.66. The van der Waals surface area contributed by atoms with Crippen molar-refractivity contribution in [3.05, 3.63) is 23.5 Å². The molecule has 0 spiro atoms. The summed E-state index contributed by atoms with van der Waals surface area (Å²) in [6.07, 6.45) is 5.51. The lowest BCUT2D eigenvalue weighted by Crippen LogP contribution is -2.56. The Balaban J connectivity index is 1.76. The van der Waals surface area contributed by atoms with Gasteiger partial charge >= 0.3 is 0 Å². The molecule has 0 bridgehead atoms. The summed E-state index contributed by atoms with van der Waals surface area (Å²) < 4.78 is 0. The summed E-state index contributed by atoms with van der Waals surface area (Å²) in [5.74, 6) is 0.108. The summed E-state index contributed by atoms with van der Waals surface area (Å²) in [4.78, 5) is 21.6. The zero-order valence-electron chi connectivity index (χ0n) is 12.9. The Kier molecular flexibility index (Phi) is 4.10. The Labute approximate surface area is 126 Å². The van der Waals surface area contributed by atoms with Crippen molar-refractivity contribution >= 4 is 11.6 Å². The van der Waals surface area contributed by atoms with Gasteiger partial charge in [-0.15, -0.1) is 0 Å². The first-order chi connectivity index (χ1) is 10.2. The second-order valence-electron chi connectivity index (χ2n) is 6.06. The van der Waals surface area contributed by atoms with Crippen molar-refractivity contribution in [3.8, 4) is 0 Å². The molecule has 2 saturated heterocycles. The van der Waals surface area contributed by atoms with Crippen LogP contribution in [0, 0.1) is 6.92 Å². The molecule has 5 nitrogen and oxygen atoms in total. The number of amides is 1. The lowest BCUT2D eigenvalue weighted by atomic mass is 9.99. The van der Waals surface area contributed by atoms with Crippen LogP contribution in [0.2, 0.25) is 0 Å². The molecule has 2 aliphatic rings. The highest BCUT2D eigenvalue weighted by molar-refractivity contribution is 5.99. The Bertz CT molecular complexity index is 531. The number of aryl methyl sites for hydroxylation is 1. The minimum atomic E-state index is 0.108. The molecule has 5 heteroatoms. The molecule has 1 unspecified atom stereocenters. The van der Waals surface area contributed by atoms with Gasteiger partial charge in [-0.05, 0) is 32.4 Å².